The smallest absolute Gasteiger partial charge is 0.340 e. The molecule has 1 aromatic rings. The molecule has 1 aliphatic rings. The molecule has 1 aliphatic carbocycles. The van der Waals surface area contributed by atoms with Crippen LogP contribution in [0.3, 0.4) is 0 Å². The van der Waals surface area contributed by atoms with Crippen molar-refractivity contribution in [3.05, 3.63) is 23.5 Å². The lowest BCUT2D eigenvalue weighted by atomic mass is 9.89. The lowest BCUT2D eigenvalue weighted by molar-refractivity contribution is 0.0172. The Morgan fingerprint density at radius 2 is 2.06 bits per heavy atom. The van der Waals surface area contributed by atoms with Gasteiger partial charge in [0, 0.05) is 0 Å². The van der Waals surface area contributed by atoms with E-state index in [1.165, 1.54) is 0 Å². The predicted molar refractivity (Wildman–Crippen MR) is 70.2 cm³/mol. The van der Waals surface area contributed by atoms with E-state index < -0.39 is 0 Å². The van der Waals surface area contributed by atoms with Crippen molar-refractivity contribution in [3.8, 4) is 0 Å². The number of aryl methyl sites for hydroxylation is 1. The van der Waals surface area contributed by atoms with E-state index in [-0.39, 0.29) is 12.1 Å². The van der Waals surface area contributed by atoms with Crippen molar-refractivity contribution in [1.29, 1.82) is 0 Å². The van der Waals surface area contributed by atoms with Crippen LogP contribution in [-0.4, -0.2) is 17.1 Å². The molecule has 1 saturated carbocycles. The Balaban J connectivity index is 2.01. The fraction of sp³-hybridized carbons (Fsp3) is 0.571. The number of hydrogen-bond acceptors (Lipinski definition) is 4. The Bertz CT molecular complexity index is 437. The van der Waals surface area contributed by atoms with Gasteiger partial charge in [-0.3, -0.25) is 4.98 Å². The van der Waals surface area contributed by atoms with Gasteiger partial charge in [-0.1, -0.05) is 6.92 Å². The van der Waals surface area contributed by atoms with Gasteiger partial charge in [0.2, 0.25) is 0 Å². The van der Waals surface area contributed by atoms with Crippen molar-refractivity contribution in [3.63, 3.8) is 0 Å². The molecular weight excluding hydrogens is 228 g/mol. The number of nitrogen functional groups attached to an aromatic ring is 1. The molecule has 0 unspecified atom stereocenters. The molecule has 4 nitrogen and oxygen atoms in total. The lowest BCUT2D eigenvalue weighted by Crippen LogP contribution is -2.24. The summed E-state index contributed by atoms with van der Waals surface area (Å²) in [5.74, 6) is 0.447. The summed E-state index contributed by atoms with van der Waals surface area (Å²) in [6.45, 7) is 4.03. The molecule has 18 heavy (non-hydrogen) atoms. The third-order valence-electron chi connectivity index (χ3n) is 3.56. The fourth-order valence-corrected chi connectivity index (χ4v) is 2.32. The van der Waals surface area contributed by atoms with Gasteiger partial charge < -0.3 is 10.5 Å². The van der Waals surface area contributed by atoms with Crippen LogP contribution in [-0.2, 0) is 4.74 Å². The molecule has 0 saturated heterocycles. The minimum atomic E-state index is -0.299. The second-order valence-electron chi connectivity index (χ2n) is 5.19. The van der Waals surface area contributed by atoms with Crippen molar-refractivity contribution in [2.45, 2.75) is 45.6 Å². The monoisotopic (exact) mass is 248 g/mol. The van der Waals surface area contributed by atoms with Crippen molar-refractivity contribution >= 4 is 11.7 Å². The summed E-state index contributed by atoms with van der Waals surface area (Å²) in [7, 11) is 0. The van der Waals surface area contributed by atoms with Gasteiger partial charge in [-0.25, -0.2) is 4.79 Å². The molecule has 1 fully saturated rings. The number of rotatable bonds is 2. The van der Waals surface area contributed by atoms with Crippen molar-refractivity contribution < 1.29 is 9.53 Å². The van der Waals surface area contributed by atoms with Crippen LogP contribution >= 0.6 is 0 Å². The largest absolute Gasteiger partial charge is 0.459 e. The van der Waals surface area contributed by atoms with E-state index >= 15 is 0 Å². The van der Waals surface area contributed by atoms with E-state index in [4.69, 9.17) is 10.5 Å². The maximum Gasteiger partial charge on any atom is 0.340 e. The van der Waals surface area contributed by atoms with Gasteiger partial charge >= 0.3 is 5.97 Å². The maximum absolute atomic E-state index is 12.0. The average Bonchev–Trinajstić information content (AvgIpc) is 2.35. The molecule has 0 spiro atoms. The van der Waals surface area contributed by atoms with Gasteiger partial charge in [-0.15, -0.1) is 0 Å². The first-order valence-electron chi connectivity index (χ1n) is 6.49. The first kappa shape index (κ1) is 12.9. The Morgan fingerprint density at radius 1 is 1.39 bits per heavy atom. The number of ether oxygens (including phenoxy) is 1. The molecule has 0 bridgehead atoms. The summed E-state index contributed by atoms with van der Waals surface area (Å²) in [6, 6.07) is 1.64. The molecule has 1 aromatic heterocycles. The standard InChI is InChI=1S/C14H20N2O2/c1-9-3-5-12(6-4-9)18-14(17)13-7-11(15)8-16-10(13)2/h7-9,12H,3-6,15H2,1-2H3. The van der Waals surface area contributed by atoms with E-state index in [0.717, 1.165) is 31.6 Å². The molecule has 98 valence electrons. The zero-order chi connectivity index (χ0) is 13.1. The molecule has 0 atom stereocenters. The van der Waals surface area contributed by atoms with Gasteiger partial charge in [0.05, 0.1) is 23.1 Å². The summed E-state index contributed by atoms with van der Waals surface area (Å²) in [6.07, 6.45) is 5.78. The van der Waals surface area contributed by atoms with Crippen LogP contribution in [0.4, 0.5) is 5.69 Å². The van der Waals surface area contributed by atoms with Crippen molar-refractivity contribution in [2.24, 2.45) is 5.92 Å². The Morgan fingerprint density at radius 3 is 2.72 bits per heavy atom. The fourth-order valence-electron chi connectivity index (χ4n) is 2.32. The van der Waals surface area contributed by atoms with E-state index in [1.54, 1.807) is 19.2 Å². The minimum absolute atomic E-state index is 0.0505. The molecule has 0 radical (unpaired) electrons. The zero-order valence-corrected chi connectivity index (χ0v) is 11.0. The highest BCUT2D eigenvalue weighted by Gasteiger charge is 2.23. The summed E-state index contributed by atoms with van der Waals surface area (Å²) in [4.78, 5) is 16.1. The van der Waals surface area contributed by atoms with Crippen LogP contribution in [0.25, 0.3) is 0 Å². The first-order valence-corrected chi connectivity index (χ1v) is 6.49. The molecule has 1 heterocycles. The van der Waals surface area contributed by atoms with Gasteiger partial charge in [-0.05, 0) is 44.6 Å². The summed E-state index contributed by atoms with van der Waals surface area (Å²) in [5, 5.41) is 0. The van der Waals surface area contributed by atoms with Crippen LogP contribution in [0.5, 0.6) is 0 Å². The predicted octanol–water partition coefficient (Wildman–Crippen LogP) is 2.71. The van der Waals surface area contributed by atoms with E-state index in [0.29, 0.717) is 16.9 Å². The molecule has 2 rings (SSSR count). The molecule has 0 aromatic carbocycles. The Hall–Kier alpha value is -1.58. The molecule has 2 N–H and O–H groups in total. The molecular formula is C14H20N2O2. The number of nitrogens with zero attached hydrogens (tertiary/aromatic N) is 1. The number of nitrogens with two attached hydrogens (primary N) is 1. The van der Waals surface area contributed by atoms with E-state index in [1.807, 2.05) is 0 Å². The number of hydrogen-bond donors (Lipinski definition) is 1. The van der Waals surface area contributed by atoms with Gasteiger partial charge in [0.1, 0.15) is 6.10 Å². The number of pyridine rings is 1. The number of aromatic nitrogens is 1. The third-order valence-corrected chi connectivity index (χ3v) is 3.56. The zero-order valence-electron chi connectivity index (χ0n) is 11.0. The topological polar surface area (TPSA) is 65.2 Å². The summed E-state index contributed by atoms with van der Waals surface area (Å²) in [5.41, 5.74) is 7.28. The molecule has 4 heteroatoms. The third kappa shape index (κ3) is 3.00. The quantitative estimate of drug-likeness (QED) is 0.817. The SMILES string of the molecule is Cc1ncc(N)cc1C(=O)OC1CCC(C)CC1. The minimum Gasteiger partial charge on any atom is -0.459 e. The summed E-state index contributed by atoms with van der Waals surface area (Å²) >= 11 is 0. The normalized spacial score (nSPS) is 23.7. The average molecular weight is 248 g/mol. The highest BCUT2D eigenvalue weighted by Crippen LogP contribution is 2.26. The summed E-state index contributed by atoms with van der Waals surface area (Å²) < 4.78 is 5.53. The van der Waals surface area contributed by atoms with Crippen molar-refractivity contribution in [1.82, 2.24) is 4.98 Å². The van der Waals surface area contributed by atoms with E-state index in [9.17, 15) is 4.79 Å². The van der Waals surface area contributed by atoms with Crippen LogP contribution in [0.15, 0.2) is 12.3 Å². The highest BCUT2D eigenvalue weighted by atomic mass is 16.5. The van der Waals surface area contributed by atoms with Crippen LogP contribution < -0.4 is 5.73 Å². The maximum atomic E-state index is 12.0. The van der Waals surface area contributed by atoms with E-state index in [2.05, 4.69) is 11.9 Å². The second kappa shape index (κ2) is 5.38. The Kier molecular flexibility index (Phi) is 3.84. The van der Waals surface area contributed by atoms with Gasteiger partial charge in [0.15, 0.2) is 0 Å². The van der Waals surface area contributed by atoms with Crippen LogP contribution in [0, 0.1) is 12.8 Å². The first-order chi connectivity index (χ1) is 8.56. The van der Waals surface area contributed by atoms with Crippen LogP contribution in [0.1, 0.15) is 48.7 Å². The number of esters is 1. The number of anilines is 1. The van der Waals surface area contributed by atoms with Gasteiger partial charge in [-0.2, -0.15) is 0 Å². The molecule has 0 aliphatic heterocycles. The number of carbonyl (C=O) groups is 1. The lowest BCUT2D eigenvalue weighted by Gasteiger charge is -2.26. The second-order valence-corrected chi connectivity index (χ2v) is 5.19. The van der Waals surface area contributed by atoms with Crippen molar-refractivity contribution in [2.75, 3.05) is 5.73 Å². The number of carbonyl (C=O) groups excluding carboxylic acids is 1. The van der Waals surface area contributed by atoms with Gasteiger partial charge in [0.25, 0.3) is 0 Å². The molecule has 0 amide bonds. The Labute approximate surface area is 108 Å². The van der Waals surface area contributed by atoms with Crippen LogP contribution in [0.2, 0.25) is 0 Å². The highest BCUT2D eigenvalue weighted by molar-refractivity contribution is 5.91.